The normalized spacial score (nSPS) is 11.2. The van der Waals surface area contributed by atoms with E-state index in [4.69, 9.17) is 0 Å². The van der Waals surface area contributed by atoms with Gasteiger partial charge in [-0.05, 0) is 19.9 Å². The van der Waals surface area contributed by atoms with Gasteiger partial charge < -0.3 is 5.32 Å². The van der Waals surface area contributed by atoms with Crippen LogP contribution in [-0.2, 0) is 0 Å². The van der Waals surface area contributed by atoms with Gasteiger partial charge in [0.15, 0.2) is 5.82 Å². The quantitative estimate of drug-likeness (QED) is 0.902. The molecule has 2 aromatic rings. The molecule has 0 aliphatic rings. The second kappa shape index (κ2) is 4.93. The number of nitrogens with one attached hydrogen (secondary N) is 1. The molecule has 0 unspecified atom stereocenters. The van der Waals surface area contributed by atoms with Crippen LogP contribution in [0.15, 0.2) is 6.07 Å². The fourth-order valence-corrected chi connectivity index (χ4v) is 2.15. The molecule has 2 rings (SSSR count). The van der Waals surface area contributed by atoms with Crippen molar-refractivity contribution in [3.63, 3.8) is 0 Å². The van der Waals surface area contributed by atoms with E-state index in [1.807, 2.05) is 27.7 Å². The third-order valence-corrected chi connectivity index (χ3v) is 3.02. The van der Waals surface area contributed by atoms with Crippen molar-refractivity contribution in [1.82, 2.24) is 19.8 Å². The van der Waals surface area contributed by atoms with Gasteiger partial charge in [-0.25, -0.2) is 0 Å². The van der Waals surface area contributed by atoms with Crippen LogP contribution in [0.4, 0.5) is 10.5 Å². The molecule has 18 heavy (non-hydrogen) atoms. The fourth-order valence-electron chi connectivity index (χ4n) is 1.55. The molecule has 0 radical (unpaired) electrons. The van der Waals surface area contributed by atoms with E-state index >= 15 is 0 Å². The molecule has 2 aromatic heterocycles. The van der Waals surface area contributed by atoms with Gasteiger partial charge in [-0.2, -0.15) is 9.61 Å². The minimum Gasteiger partial charge on any atom is -0.313 e. The summed E-state index contributed by atoms with van der Waals surface area (Å²) in [6.45, 7) is 7.63. The van der Waals surface area contributed by atoms with Crippen molar-refractivity contribution in [1.29, 1.82) is 0 Å². The SMILES string of the molecule is Cc1cc(NC(=O)SC(C)C)c2nnc(C)n2n1. The Labute approximate surface area is 109 Å². The molecule has 0 aromatic carbocycles. The van der Waals surface area contributed by atoms with Crippen LogP contribution in [0, 0.1) is 13.8 Å². The summed E-state index contributed by atoms with van der Waals surface area (Å²) in [5.41, 5.74) is 2.01. The molecule has 0 aliphatic heterocycles. The predicted molar refractivity (Wildman–Crippen MR) is 72.0 cm³/mol. The number of nitrogens with zero attached hydrogens (tertiary/aromatic N) is 4. The Morgan fingerprint density at radius 2 is 2.11 bits per heavy atom. The van der Waals surface area contributed by atoms with E-state index in [0.717, 1.165) is 5.69 Å². The molecule has 2 heterocycles. The van der Waals surface area contributed by atoms with Gasteiger partial charge in [0, 0.05) is 5.25 Å². The molecule has 0 atom stereocenters. The van der Waals surface area contributed by atoms with E-state index in [-0.39, 0.29) is 10.5 Å². The highest BCUT2D eigenvalue weighted by Gasteiger charge is 2.13. The lowest BCUT2D eigenvalue weighted by Crippen LogP contribution is -2.10. The van der Waals surface area contributed by atoms with Gasteiger partial charge in [0.2, 0.25) is 5.65 Å². The molecule has 0 saturated heterocycles. The lowest BCUT2D eigenvalue weighted by molar-refractivity contribution is 0.269. The Bertz CT molecular complexity index is 592. The molecule has 0 fully saturated rings. The molecule has 0 saturated carbocycles. The molecular weight excluding hydrogens is 250 g/mol. The summed E-state index contributed by atoms with van der Waals surface area (Å²) >= 11 is 1.24. The minimum atomic E-state index is -0.0989. The highest BCUT2D eigenvalue weighted by atomic mass is 32.2. The maximum atomic E-state index is 11.8. The predicted octanol–water partition coefficient (Wildman–Crippen LogP) is 2.41. The molecule has 0 spiro atoms. The van der Waals surface area contributed by atoms with Crippen LogP contribution >= 0.6 is 11.8 Å². The number of aromatic nitrogens is 4. The van der Waals surface area contributed by atoms with Crippen molar-refractivity contribution < 1.29 is 4.79 Å². The maximum Gasteiger partial charge on any atom is 0.283 e. The monoisotopic (exact) mass is 265 g/mol. The van der Waals surface area contributed by atoms with E-state index in [1.54, 1.807) is 10.6 Å². The van der Waals surface area contributed by atoms with E-state index in [0.29, 0.717) is 17.2 Å². The smallest absolute Gasteiger partial charge is 0.283 e. The van der Waals surface area contributed by atoms with Gasteiger partial charge in [0.05, 0.1) is 11.4 Å². The van der Waals surface area contributed by atoms with Gasteiger partial charge in [0.25, 0.3) is 5.24 Å². The van der Waals surface area contributed by atoms with E-state index in [2.05, 4.69) is 20.6 Å². The highest BCUT2D eigenvalue weighted by molar-refractivity contribution is 8.14. The Morgan fingerprint density at radius 3 is 2.78 bits per heavy atom. The number of hydrogen-bond donors (Lipinski definition) is 1. The first kappa shape index (κ1) is 12.8. The fraction of sp³-hybridized carbons (Fsp3) is 0.455. The molecule has 1 N–H and O–H groups in total. The number of thioether (sulfide) groups is 1. The van der Waals surface area contributed by atoms with Crippen LogP contribution in [0.1, 0.15) is 25.4 Å². The van der Waals surface area contributed by atoms with Gasteiger partial charge in [0.1, 0.15) is 0 Å². The summed E-state index contributed by atoms with van der Waals surface area (Å²) in [6.07, 6.45) is 0. The van der Waals surface area contributed by atoms with Gasteiger partial charge in [-0.15, -0.1) is 10.2 Å². The standard InChI is InChI=1S/C11H15N5OS/c1-6(2)18-11(17)12-9-5-7(3)15-16-8(4)13-14-10(9)16/h5-6H,1-4H3,(H,12,17). The van der Waals surface area contributed by atoms with Gasteiger partial charge >= 0.3 is 0 Å². The van der Waals surface area contributed by atoms with Gasteiger partial charge in [-0.3, -0.25) is 4.79 Å². The number of anilines is 1. The molecule has 0 bridgehead atoms. The number of rotatable bonds is 2. The Kier molecular flexibility index (Phi) is 3.51. The summed E-state index contributed by atoms with van der Waals surface area (Å²) in [5, 5.41) is 15.2. The number of aryl methyl sites for hydroxylation is 2. The molecule has 96 valence electrons. The van der Waals surface area contributed by atoms with Crippen molar-refractivity contribution in [2.45, 2.75) is 32.9 Å². The van der Waals surface area contributed by atoms with E-state index in [9.17, 15) is 4.79 Å². The number of amides is 1. The molecule has 0 aliphatic carbocycles. The van der Waals surface area contributed by atoms with Crippen molar-refractivity contribution in [3.8, 4) is 0 Å². The first-order chi connectivity index (χ1) is 8.47. The van der Waals surface area contributed by atoms with Crippen LogP contribution in [0.5, 0.6) is 0 Å². The first-order valence-electron chi connectivity index (χ1n) is 5.64. The first-order valence-corrected chi connectivity index (χ1v) is 6.52. The third kappa shape index (κ3) is 2.61. The largest absolute Gasteiger partial charge is 0.313 e. The summed E-state index contributed by atoms with van der Waals surface area (Å²) < 4.78 is 1.63. The van der Waals surface area contributed by atoms with Crippen molar-refractivity contribution in [2.75, 3.05) is 5.32 Å². The van der Waals surface area contributed by atoms with E-state index in [1.165, 1.54) is 11.8 Å². The zero-order chi connectivity index (χ0) is 13.3. The van der Waals surface area contributed by atoms with Crippen LogP contribution in [-0.4, -0.2) is 30.3 Å². The average molecular weight is 265 g/mol. The van der Waals surface area contributed by atoms with Crippen LogP contribution in [0.3, 0.4) is 0 Å². The summed E-state index contributed by atoms with van der Waals surface area (Å²) in [4.78, 5) is 11.8. The third-order valence-electron chi connectivity index (χ3n) is 2.23. The number of carbonyl (C=O) groups excluding carboxylic acids is 1. The maximum absolute atomic E-state index is 11.8. The number of hydrogen-bond acceptors (Lipinski definition) is 5. The minimum absolute atomic E-state index is 0.0989. The van der Waals surface area contributed by atoms with E-state index < -0.39 is 0 Å². The van der Waals surface area contributed by atoms with Crippen molar-refractivity contribution in [3.05, 3.63) is 17.6 Å². The zero-order valence-corrected chi connectivity index (χ0v) is 11.6. The number of fused-ring (bicyclic) bond motifs is 1. The summed E-state index contributed by atoms with van der Waals surface area (Å²) in [6, 6.07) is 1.79. The van der Waals surface area contributed by atoms with Crippen molar-refractivity contribution >= 4 is 28.3 Å². The topological polar surface area (TPSA) is 72.2 Å². The molecule has 6 nitrogen and oxygen atoms in total. The molecule has 7 heteroatoms. The average Bonchev–Trinajstić information content (AvgIpc) is 2.59. The van der Waals surface area contributed by atoms with Crippen LogP contribution in [0.2, 0.25) is 0 Å². The molecule has 1 amide bonds. The lowest BCUT2D eigenvalue weighted by atomic mass is 10.3. The lowest BCUT2D eigenvalue weighted by Gasteiger charge is -2.08. The van der Waals surface area contributed by atoms with Gasteiger partial charge in [-0.1, -0.05) is 25.6 Å². The summed E-state index contributed by atoms with van der Waals surface area (Å²) in [5.74, 6) is 0.695. The number of carbonyl (C=O) groups is 1. The Morgan fingerprint density at radius 1 is 1.39 bits per heavy atom. The van der Waals surface area contributed by atoms with Crippen LogP contribution < -0.4 is 5.32 Å². The van der Waals surface area contributed by atoms with Crippen molar-refractivity contribution in [2.24, 2.45) is 0 Å². The Balaban J connectivity index is 2.35. The Hall–Kier alpha value is -1.63. The zero-order valence-electron chi connectivity index (χ0n) is 10.8. The highest BCUT2D eigenvalue weighted by Crippen LogP contribution is 2.19. The second-order valence-corrected chi connectivity index (χ2v) is 5.81. The van der Waals surface area contributed by atoms with Crippen LogP contribution in [0.25, 0.3) is 5.65 Å². The second-order valence-electron chi connectivity index (χ2n) is 4.26. The molecular formula is C11H15N5OS. The summed E-state index contributed by atoms with van der Waals surface area (Å²) in [7, 11) is 0.